The summed E-state index contributed by atoms with van der Waals surface area (Å²) in [5, 5.41) is 16.0. The number of aryl methyl sites for hydroxylation is 1. The van der Waals surface area contributed by atoms with Gasteiger partial charge in [-0.05, 0) is 53.9 Å². The van der Waals surface area contributed by atoms with E-state index in [1.165, 1.54) is 11.1 Å². The van der Waals surface area contributed by atoms with Crippen LogP contribution in [0.15, 0.2) is 48.5 Å². The second kappa shape index (κ2) is 8.47. The largest absolute Gasteiger partial charge is 0.355 e. The highest BCUT2D eigenvalue weighted by atomic mass is 32.1. The Balaban J connectivity index is 2.06. The van der Waals surface area contributed by atoms with E-state index in [0.29, 0.717) is 17.5 Å². The maximum absolute atomic E-state index is 8.72. The summed E-state index contributed by atoms with van der Waals surface area (Å²) in [6, 6.07) is 18.4. The first-order chi connectivity index (χ1) is 11.5. The van der Waals surface area contributed by atoms with Gasteiger partial charge in [0, 0.05) is 5.69 Å². The first-order valence-electron chi connectivity index (χ1n) is 8.10. The summed E-state index contributed by atoms with van der Waals surface area (Å²) in [5.74, 6) is 0.406. The molecule has 2 rings (SSSR count). The van der Waals surface area contributed by atoms with Gasteiger partial charge in [-0.1, -0.05) is 50.2 Å². The van der Waals surface area contributed by atoms with Gasteiger partial charge < -0.3 is 10.6 Å². The predicted octanol–water partition coefficient (Wildman–Crippen LogP) is 4.74. The van der Waals surface area contributed by atoms with Crippen molar-refractivity contribution in [1.82, 2.24) is 5.32 Å². The molecule has 0 aromatic heterocycles. The minimum absolute atomic E-state index is 0.157. The molecule has 0 saturated heterocycles. The number of thiocarbonyl (C=S) groups is 1. The van der Waals surface area contributed by atoms with Crippen LogP contribution in [0.25, 0.3) is 0 Å². The third kappa shape index (κ3) is 4.81. The van der Waals surface area contributed by atoms with Gasteiger partial charge in [0.15, 0.2) is 5.11 Å². The van der Waals surface area contributed by atoms with Crippen molar-refractivity contribution in [3.63, 3.8) is 0 Å². The first kappa shape index (κ1) is 18.0. The predicted molar refractivity (Wildman–Crippen MR) is 104 cm³/mol. The zero-order valence-electron chi connectivity index (χ0n) is 14.3. The number of benzene rings is 2. The van der Waals surface area contributed by atoms with Crippen LogP contribution in [0.5, 0.6) is 0 Å². The minimum Gasteiger partial charge on any atom is -0.355 e. The van der Waals surface area contributed by atoms with Gasteiger partial charge in [0.05, 0.1) is 18.5 Å². The Kier molecular flexibility index (Phi) is 6.34. The van der Waals surface area contributed by atoms with Gasteiger partial charge in [0.1, 0.15) is 0 Å². The number of nitrogens with zero attached hydrogens (tertiary/aromatic N) is 1. The molecule has 0 unspecified atom stereocenters. The minimum atomic E-state index is 0.157. The summed E-state index contributed by atoms with van der Waals surface area (Å²) in [7, 11) is 0. The number of anilines is 1. The lowest BCUT2D eigenvalue weighted by atomic mass is 9.93. The van der Waals surface area contributed by atoms with Gasteiger partial charge in [-0.25, -0.2) is 0 Å². The molecule has 0 aliphatic carbocycles. The molecule has 0 fully saturated rings. The number of hydrogen-bond donors (Lipinski definition) is 2. The average Bonchev–Trinajstić information content (AvgIpc) is 2.55. The van der Waals surface area contributed by atoms with Crippen molar-refractivity contribution in [2.45, 2.75) is 33.2 Å². The lowest BCUT2D eigenvalue weighted by molar-refractivity contribution is 0.471. The molecule has 0 amide bonds. The van der Waals surface area contributed by atoms with Crippen molar-refractivity contribution in [1.29, 1.82) is 5.26 Å². The van der Waals surface area contributed by atoms with Crippen LogP contribution in [0, 0.1) is 24.2 Å². The lowest BCUT2D eigenvalue weighted by Crippen LogP contribution is -2.35. The first-order valence-corrected chi connectivity index (χ1v) is 8.51. The Morgan fingerprint density at radius 2 is 1.79 bits per heavy atom. The number of hydrogen-bond acceptors (Lipinski definition) is 2. The van der Waals surface area contributed by atoms with E-state index in [1.807, 2.05) is 24.3 Å². The van der Waals surface area contributed by atoms with Crippen molar-refractivity contribution < 1.29 is 0 Å². The fraction of sp³-hybridized carbons (Fsp3) is 0.300. The van der Waals surface area contributed by atoms with Gasteiger partial charge in [0.25, 0.3) is 0 Å². The van der Waals surface area contributed by atoms with Crippen LogP contribution < -0.4 is 10.6 Å². The maximum atomic E-state index is 8.72. The van der Waals surface area contributed by atoms with Crippen LogP contribution in [-0.4, -0.2) is 5.11 Å². The summed E-state index contributed by atoms with van der Waals surface area (Å²) >= 11 is 5.48. The van der Waals surface area contributed by atoms with Crippen molar-refractivity contribution >= 4 is 23.0 Å². The van der Waals surface area contributed by atoms with E-state index < -0.39 is 0 Å². The molecule has 0 aliphatic rings. The van der Waals surface area contributed by atoms with Gasteiger partial charge in [-0.3, -0.25) is 0 Å². The summed E-state index contributed by atoms with van der Waals surface area (Å²) in [6.45, 7) is 6.49. The highest BCUT2D eigenvalue weighted by molar-refractivity contribution is 7.80. The zero-order chi connectivity index (χ0) is 17.5. The SMILES string of the molecule is Cc1ccccc1[C@@H](NC(=S)Nc1ccc(CC#N)cc1)C(C)C. The molecule has 0 radical (unpaired) electrons. The molecule has 24 heavy (non-hydrogen) atoms. The van der Waals surface area contributed by atoms with E-state index >= 15 is 0 Å². The quantitative estimate of drug-likeness (QED) is 0.773. The second-order valence-corrected chi connectivity index (χ2v) is 6.62. The van der Waals surface area contributed by atoms with Crippen LogP contribution in [0.1, 0.15) is 36.6 Å². The summed E-state index contributed by atoms with van der Waals surface area (Å²) in [4.78, 5) is 0. The molecule has 2 N–H and O–H groups in total. The van der Waals surface area contributed by atoms with E-state index in [1.54, 1.807) is 0 Å². The summed E-state index contributed by atoms with van der Waals surface area (Å²) in [5.41, 5.74) is 4.44. The zero-order valence-corrected chi connectivity index (χ0v) is 15.2. The monoisotopic (exact) mass is 337 g/mol. The maximum Gasteiger partial charge on any atom is 0.171 e. The standard InChI is InChI=1S/C20H23N3S/c1-14(2)19(18-7-5-4-6-15(18)3)23-20(24)22-17-10-8-16(9-11-17)12-13-21/h4-11,14,19H,12H2,1-3H3,(H2,22,23,24)/t19-/m0/s1. The fourth-order valence-corrected chi connectivity index (χ4v) is 2.89. The van der Waals surface area contributed by atoms with Crippen LogP contribution in [-0.2, 0) is 6.42 Å². The fourth-order valence-electron chi connectivity index (χ4n) is 2.64. The van der Waals surface area contributed by atoms with Crippen LogP contribution >= 0.6 is 12.2 Å². The van der Waals surface area contributed by atoms with Crippen LogP contribution in [0.4, 0.5) is 5.69 Å². The average molecular weight is 337 g/mol. The van der Waals surface area contributed by atoms with E-state index in [2.05, 4.69) is 61.7 Å². The van der Waals surface area contributed by atoms with E-state index in [0.717, 1.165) is 11.3 Å². The highest BCUT2D eigenvalue weighted by Crippen LogP contribution is 2.24. The lowest BCUT2D eigenvalue weighted by Gasteiger charge is -2.26. The third-order valence-electron chi connectivity index (χ3n) is 3.97. The highest BCUT2D eigenvalue weighted by Gasteiger charge is 2.18. The van der Waals surface area contributed by atoms with Crippen molar-refractivity contribution in [2.75, 3.05) is 5.32 Å². The molecule has 2 aromatic rings. The Morgan fingerprint density at radius 1 is 1.12 bits per heavy atom. The summed E-state index contributed by atoms with van der Waals surface area (Å²) in [6.07, 6.45) is 0.422. The number of rotatable bonds is 5. The summed E-state index contributed by atoms with van der Waals surface area (Å²) < 4.78 is 0. The van der Waals surface area contributed by atoms with Crippen molar-refractivity contribution in [2.24, 2.45) is 5.92 Å². The Morgan fingerprint density at radius 3 is 2.38 bits per heavy atom. The normalized spacial score (nSPS) is 11.6. The molecule has 0 spiro atoms. The third-order valence-corrected chi connectivity index (χ3v) is 4.19. The van der Waals surface area contributed by atoms with Crippen molar-refractivity contribution in [3.05, 3.63) is 65.2 Å². The van der Waals surface area contributed by atoms with Gasteiger partial charge in [0.2, 0.25) is 0 Å². The topological polar surface area (TPSA) is 47.8 Å². The smallest absolute Gasteiger partial charge is 0.171 e. The molecule has 4 heteroatoms. The van der Waals surface area contributed by atoms with Crippen LogP contribution in [0.3, 0.4) is 0 Å². The Bertz CT molecular complexity index is 729. The molecule has 0 saturated carbocycles. The molecule has 1 atom stereocenters. The molecule has 0 heterocycles. The van der Waals surface area contributed by atoms with E-state index in [9.17, 15) is 0 Å². The van der Waals surface area contributed by atoms with E-state index in [4.69, 9.17) is 17.5 Å². The molecule has 2 aromatic carbocycles. The second-order valence-electron chi connectivity index (χ2n) is 6.21. The Labute approximate surface area is 149 Å². The van der Waals surface area contributed by atoms with Gasteiger partial charge in [-0.15, -0.1) is 0 Å². The number of nitriles is 1. The van der Waals surface area contributed by atoms with Gasteiger partial charge >= 0.3 is 0 Å². The molecule has 0 aliphatic heterocycles. The van der Waals surface area contributed by atoms with Gasteiger partial charge in [-0.2, -0.15) is 5.26 Å². The molecule has 0 bridgehead atoms. The van der Waals surface area contributed by atoms with Crippen LogP contribution in [0.2, 0.25) is 0 Å². The molecule has 124 valence electrons. The molecule has 3 nitrogen and oxygen atoms in total. The van der Waals surface area contributed by atoms with E-state index in [-0.39, 0.29) is 6.04 Å². The molecular weight excluding hydrogens is 314 g/mol. The Hall–Kier alpha value is -2.38. The number of nitrogens with one attached hydrogen (secondary N) is 2. The molecular formula is C20H23N3S. The van der Waals surface area contributed by atoms with Crippen molar-refractivity contribution in [3.8, 4) is 6.07 Å².